The topological polar surface area (TPSA) is 44.8 Å². The molecule has 1 aromatic rings. The fourth-order valence-electron chi connectivity index (χ4n) is 3.76. The van der Waals surface area contributed by atoms with Crippen LogP contribution in [0.5, 0.6) is 0 Å². The number of morpholine rings is 1. The number of rotatable bonds is 14. The number of nitrogens with zero attached hydrogens (tertiary/aromatic N) is 1. The van der Waals surface area contributed by atoms with Gasteiger partial charge in [-0.25, -0.2) is 0 Å². The van der Waals surface area contributed by atoms with E-state index in [-0.39, 0.29) is 12.1 Å². The van der Waals surface area contributed by atoms with Gasteiger partial charge in [-0.1, -0.05) is 69.4 Å². The van der Waals surface area contributed by atoms with Gasteiger partial charge in [0.05, 0.1) is 33.5 Å². The summed E-state index contributed by atoms with van der Waals surface area (Å²) in [5.74, 6) is -0.0892. The molecule has 5 nitrogen and oxygen atoms in total. The van der Waals surface area contributed by atoms with E-state index < -0.39 is 0 Å². The number of likely N-dealkylation sites (N-methyl/N-ethyl adjacent to an activating group) is 1. The quantitative estimate of drug-likeness (QED) is 0.262. The van der Waals surface area contributed by atoms with E-state index in [4.69, 9.17) is 14.2 Å². The summed E-state index contributed by atoms with van der Waals surface area (Å²) < 4.78 is 18.2. The highest BCUT2D eigenvalue weighted by molar-refractivity contribution is 5.69. The van der Waals surface area contributed by atoms with Crippen molar-refractivity contribution in [1.82, 2.24) is 0 Å². The summed E-state index contributed by atoms with van der Waals surface area (Å²) in [5.41, 5.74) is 1.14. The molecule has 1 aliphatic rings. The minimum Gasteiger partial charge on any atom is -0.454 e. The molecule has 0 bridgehead atoms. The number of benzene rings is 1. The number of esters is 1. The largest absolute Gasteiger partial charge is 0.454 e. The summed E-state index contributed by atoms with van der Waals surface area (Å²) >= 11 is 0. The number of hydrogen-bond donors (Lipinski definition) is 0. The summed E-state index contributed by atoms with van der Waals surface area (Å²) in [6.07, 6.45) is 7.32. The normalized spacial score (nSPS) is 17.0. The van der Waals surface area contributed by atoms with Crippen LogP contribution in [0.15, 0.2) is 30.3 Å². The first-order valence-corrected chi connectivity index (χ1v) is 11.3. The van der Waals surface area contributed by atoms with Crippen molar-refractivity contribution in [3.05, 3.63) is 35.9 Å². The standard InChI is InChI=1S/C24H40NO4/c1-3-4-5-6-7-11-14-24(26)29-23(19-25(2)15-17-27-18-16-25)21-28-20-22-12-9-8-10-13-22/h8-10,12-13,23H,3-7,11,14-21H2,1-2H3/q+1. The first kappa shape index (κ1) is 23.8. The van der Waals surface area contributed by atoms with Crippen molar-refractivity contribution in [2.24, 2.45) is 0 Å². The van der Waals surface area contributed by atoms with Crippen molar-refractivity contribution in [1.29, 1.82) is 0 Å². The van der Waals surface area contributed by atoms with Gasteiger partial charge < -0.3 is 18.7 Å². The lowest BCUT2D eigenvalue weighted by Crippen LogP contribution is -2.56. The highest BCUT2D eigenvalue weighted by Crippen LogP contribution is 2.14. The molecule has 0 N–H and O–H groups in total. The third-order valence-corrected chi connectivity index (χ3v) is 5.64. The molecule has 1 heterocycles. The summed E-state index contributed by atoms with van der Waals surface area (Å²) in [6, 6.07) is 10.1. The lowest BCUT2D eigenvalue weighted by molar-refractivity contribution is -0.919. The second-order valence-electron chi connectivity index (χ2n) is 8.49. The first-order valence-electron chi connectivity index (χ1n) is 11.3. The Morgan fingerprint density at radius 3 is 2.48 bits per heavy atom. The predicted octanol–water partition coefficient (Wildman–Crippen LogP) is 4.34. The van der Waals surface area contributed by atoms with Crippen molar-refractivity contribution in [3.63, 3.8) is 0 Å². The second-order valence-corrected chi connectivity index (χ2v) is 8.49. The molecule has 1 unspecified atom stereocenters. The summed E-state index contributed by atoms with van der Waals surface area (Å²) in [6.45, 7) is 7.40. The lowest BCUT2D eigenvalue weighted by Gasteiger charge is -2.39. The van der Waals surface area contributed by atoms with E-state index in [0.717, 1.165) is 55.7 Å². The van der Waals surface area contributed by atoms with Crippen molar-refractivity contribution >= 4 is 5.97 Å². The van der Waals surface area contributed by atoms with Crippen LogP contribution in [-0.4, -0.2) is 63.1 Å². The van der Waals surface area contributed by atoms with Crippen LogP contribution >= 0.6 is 0 Å². The first-order chi connectivity index (χ1) is 14.1. The molecule has 0 amide bonds. The van der Waals surface area contributed by atoms with E-state index in [0.29, 0.717) is 19.6 Å². The van der Waals surface area contributed by atoms with Crippen LogP contribution in [0, 0.1) is 0 Å². The number of hydrogen-bond acceptors (Lipinski definition) is 4. The third kappa shape index (κ3) is 10.2. The van der Waals surface area contributed by atoms with Crippen LogP contribution in [0.4, 0.5) is 0 Å². The molecule has 0 aliphatic carbocycles. The molecule has 1 aliphatic heterocycles. The van der Waals surface area contributed by atoms with Crippen molar-refractivity contribution in [2.45, 2.75) is 64.6 Å². The lowest BCUT2D eigenvalue weighted by atomic mass is 10.1. The Bertz CT molecular complexity index is 557. The molecule has 1 fully saturated rings. The van der Waals surface area contributed by atoms with E-state index >= 15 is 0 Å². The Balaban J connectivity index is 1.78. The van der Waals surface area contributed by atoms with Gasteiger partial charge in [0, 0.05) is 6.42 Å². The number of carbonyl (C=O) groups excluding carboxylic acids is 1. The van der Waals surface area contributed by atoms with E-state index in [9.17, 15) is 4.79 Å². The van der Waals surface area contributed by atoms with Gasteiger partial charge in [-0.2, -0.15) is 0 Å². The van der Waals surface area contributed by atoms with Crippen LogP contribution in [0.25, 0.3) is 0 Å². The molecule has 164 valence electrons. The highest BCUT2D eigenvalue weighted by atomic mass is 16.6. The van der Waals surface area contributed by atoms with Crippen molar-refractivity contribution in [3.8, 4) is 0 Å². The number of unbranched alkanes of at least 4 members (excludes halogenated alkanes) is 5. The van der Waals surface area contributed by atoms with Gasteiger partial charge in [-0.15, -0.1) is 0 Å². The molecule has 1 atom stereocenters. The summed E-state index contributed by atoms with van der Waals surface area (Å²) in [4.78, 5) is 12.4. The van der Waals surface area contributed by atoms with Crippen LogP contribution < -0.4 is 0 Å². The van der Waals surface area contributed by atoms with Crippen molar-refractivity contribution < 1.29 is 23.5 Å². The Morgan fingerprint density at radius 1 is 1.07 bits per heavy atom. The van der Waals surface area contributed by atoms with Crippen LogP contribution in [-0.2, 0) is 25.6 Å². The van der Waals surface area contributed by atoms with E-state index in [1.165, 1.54) is 25.7 Å². The van der Waals surface area contributed by atoms with Gasteiger partial charge in [0.1, 0.15) is 19.6 Å². The maximum absolute atomic E-state index is 12.4. The molecule has 1 saturated heterocycles. The van der Waals surface area contributed by atoms with E-state index in [1.807, 2.05) is 18.2 Å². The number of ether oxygens (including phenoxy) is 3. The van der Waals surface area contributed by atoms with E-state index in [2.05, 4.69) is 26.1 Å². The monoisotopic (exact) mass is 406 g/mol. The molecule has 0 aromatic heterocycles. The highest BCUT2D eigenvalue weighted by Gasteiger charge is 2.31. The van der Waals surface area contributed by atoms with Gasteiger partial charge in [0.2, 0.25) is 0 Å². The summed E-state index contributed by atoms with van der Waals surface area (Å²) in [5, 5.41) is 0. The molecule has 5 heteroatoms. The maximum Gasteiger partial charge on any atom is 0.306 e. The predicted molar refractivity (Wildman–Crippen MR) is 116 cm³/mol. The summed E-state index contributed by atoms with van der Waals surface area (Å²) in [7, 11) is 2.22. The van der Waals surface area contributed by atoms with Gasteiger partial charge >= 0.3 is 5.97 Å². The van der Waals surface area contributed by atoms with Gasteiger partial charge in [-0.3, -0.25) is 4.79 Å². The SMILES string of the molecule is CCCCCCCCC(=O)OC(COCc1ccccc1)C[N+]1(C)CCOCC1. The minimum atomic E-state index is -0.214. The Kier molecular flexibility index (Phi) is 11.3. The zero-order valence-electron chi connectivity index (χ0n) is 18.4. The second kappa shape index (κ2) is 13.7. The molecule has 0 radical (unpaired) electrons. The van der Waals surface area contributed by atoms with Crippen molar-refractivity contribution in [2.75, 3.05) is 46.5 Å². The molecular formula is C24H40NO4+. The van der Waals surface area contributed by atoms with Gasteiger partial charge in [0.15, 0.2) is 6.10 Å². The van der Waals surface area contributed by atoms with Gasteiger partial charge in [-0.05, 0) is 12.0 Å². The third-order valence-electron chi connectivity index (χ3n) is 5.64. The zero-order chi connectivity index (χ0) is 20.8. The molecule has 0 spiro atoms. The van der Waals surface area contributed by atoms with Crippen LogP contribution in [0.3, 0.4) is 0 Å². The number of carbonyl (C=O) groups is 1. The molecule has 1 aromatic carbocycles. The minimum absolute atomic E-state index is 0.0892. The Morgan fingerprint density at radius 2 is 1.76 bits per heavy atom. The van der Waals surface area contributed by atoms with E-state index in [1.54, 1.807) is 0 Å². The van der Waals surface area contributed by atoms with Crippen LogP contribution in [0.2, 0.25) is 0 Å². The fraction of sp³-hybridized carbons (Fsp3) is 0.708. The molecule has 0 saturated carbocycles. The average Bonchev–Trinajstić information content (AvgIpc) is 2.71. The smallest absolute Gasteiger partial charge is 0.306 e. The maximum atomic E-state index is 12.4. The van der Waals surface area contributed by atoms with Crippen LogP contribution in [0.1, 0.15) is 57.4 Å². The van der Waals surface area contributed by atoms with Gasteiger partial charge in [0.25, 0.3) is 0 Å². The molecule has 29 heavy (non-hydrogen) atoms. The Hall–Kier alpha value is -1.43. The molecule has 2 rings (SSSR count). The zero-order valence-corrected chi connectivity index (χ0v) is 18.4. The fourth-order valence-corrected chi connectivity index (χ4v) is 3.76. The average molecular weight is 407 g/mol. The number of quaternary nitrogens is 1. The Labute approximate surface area is 176 Å². The molecular weight excluding hydrogens is 366 g/mol.